The zero-order valence-electron chi connectivity index (χ0n) is 25.4. The number of fused-ring (bicyclic) bond motifs is 10. The Morgan fingerprint density at radius 2 is 0.979 bits per heavy atom. The van der Waals surface area contributed by atoms with Gasteiger partial charge in [0.2, 0.25) is 0 Å². The van der Waals surface area contributed by atoms with E-state index >= 15 is 0 Å². The molecular formula is C44H27NO2. The van der Waals surface area contributed by atoms with Crippen molar-refractivity contribution in [2.24, 2.45) is 0 Å². The summed E-state index contributed by atoms with van der Waals surface area (Å²) in [6.07, 6.45) is 0. The van der Waals surface area contributed by atoms with E-state index < -0.39 is 0 Å². The molecule has 0 bridgehead atoms. The molecule has 0 aliphatic rings. The van der Waals surface area contributed by atoms with E-state index in [0.29, 0.717) is 0 Å². The first-order valence-corrected chi connectivity index (χ1v) is 15.9. The van der Waals surface area contributed by atoms with E-state index in [1.54, 1.807) is 0 Å². The van der Waals surface area contributed by atoms with Crippen LogP contribution in [0.3, 0.4) is 0 Å². The first-order valence-electron chi connectivity index (χ1n) is 15.9. The Morgan fingerprint density at radius 3 is 1.87 bits per heavy atom. The van der Waals surface area contributed by atoms with Gasteiger partial charge in [-0.05, 0) is 81.9 Å². The maximum absolute atomic E-state index is 6.63. The van der Waals surface area contributed by atoms with Crippen LogP contribution in [0.15, 0.2) is 173 Å². The zero-order chi connectivity index (χ0) is 30.9. The van der Waals surface area contributed by atoms with Crippen LogP contribution >= 0.6 is 0 Å². The van der Waals surface area contributed by atoms with Crippen LogP contribution < -0.4 is 4.90 Å². The Bertz CT molecular complexity index is 2790. The molecule has 0 N–H and O–H groups in total. The van der Waals surface area contributed by atoms with Crippen LogP contribution in [0.5, 0.6) is 0 Å². The first-order chi connectivity index (χ1) is 23.3. The van der Waals surface area contributed by atoms with Crippen molar-refractivity contribution in [1.29, 1.82) is 0 Å². The predicted octanol–water partition coefficient (Wildman–Crippen LogP) is 12.9. The van der Waals surface area contributed by atoms with Crippen LogP contribution in [0.2, 0.25) is 0 Å². The largest absolute Gasteiger partial charge is 0.456 e. The molecule has 0 saturated carbocycles. The predicted molar refractivity (Wildman–Crippen MR) is 196 cm³/mol. The first kappa shape index (κ1) is 26.0. The maximum atomic E-state index is 6.63. The molecule has 0 unspecified atom stereocenters. The number of rotatable bonds is 4. The number of benzene rings is 8. The third kappa shape index (κ3) is 4.07. The summed E-state index contributed by atoms with van der Waals surface area (Å²) in [5.41, 5.74) is 9.11. The lowest BCUT2D eigenvalue weighted by Gasteiger charge is -2.26. The number of furan rings is 2. The molecule has 0 fully saturated rings. The lowest BCUT2D eigenvalue weighted by molar-refractivity contribution is 0.669. The molecule has 0 spiro atoms. The molecule has 10 aromatic rings. The molecule has 0 atom stereocenters. The fourth-order valence-electron chi connectivity index (χ4n) is 7.18. The molecule has 8 aromatic carbocycles. The summed E-state index contributed by atoms with van der Waals surface area (Å²) in [6.45, 7) is 0. The third-order valence-corrected chi connectivity index (χ3v) is 9.44. The minimum atomic E-state index is 0.865. The second-order valence-corrected chi connectivity index (χ2v) is 12.1. The van der Waals surface area contributed by atoms with Crippen molar-refractivity contribution in [2.45, 2.75) is 0 Å². The summed E-state index contributed by atoms with van der Waals surface area (Å²) >= 11 is 0. The van der Waals surface area contributed by atoms with E-state index in [1.165, 1.54) is 21.9 Å². The Balaban J connectivity index is 1.20. The highest BCUT2D eigenvalue weighted by Gasteiger charge is 2.18. The quantitative estimate of drug-likeness (QED) is 0.201. The smallest absolute Gasteiger partial charge is 0.143 e. The van der Waals surface area contributed by atoms with Crippen molar-refractivity contribution in [2.75, 3.05) is 4.90 Å². The summed E-state index contributed by atoms with van der Waals surface area (Å²) in [6, 6.07) is 57.9. The highest BCUT2D eigenvalue weighted by molar-refractivity contribution is 6.19. The summed E-state index contributed by atoms with van der Waals surface area (Å²) in [4.78, 5) is 2.32. The second kappa shape index (κ2) is 10.1. The normalized spacial score (nSPS) is 11.8. The van der Waals surface area contributed by atoms with Crippen LogP contribution in [-0.2, 0) is 0 Å². The van der Waals surface area contributed by atoms with Crippen molar-refractivity contribution in [3.63, 3.8) is 0 Å². The Hall–Kier alpha value is -6.32. The van der Waals surface area contributed by atoms with Crippen molar-refractivity contribution in [1.82, 2.24) is 0 Å². The standard InChI is InChI=1S/C44H27NO2/c1-2-8-28(9-3-1)29-14-19-32(20-15-29)45(33-21-16-31-18-25-41-43(39(31)26-33)38-12-6-7-13-40(38)46-41)34-22-24-36-37-23-17-30-10-4-5-11-35(30)44(37)47-42(36)27-34/h1-27H. The van der Waals surface area contributed by atoms with Gasteiger partial charge in [-0.2, -0.15) is 0 Å². The topological polar surface area (TPSA) is 29.5 Å². The van der Waals surface area contributed by atoms with Gasteiger partial charge in [0, 0.05) is 50.1 Å². The van der Waals surface area contributed by atoms with Crippen LogP contribution in [0.1, 0.15) is 0 Å². The van der Waals surface area contributed by atoms with Gasteiger partial charge in [-0.15, -0.1) is 0 Å². The Morgan fingerprint density at radius 1 is 0.340 bits per heavy atom. The SMILES string of the molecule is c1ccc(-c2ccc(N(c3ccc4c(c3)oc3c5ccccc5ccc43)c3ccc4ccc5oc6ccccc6c5c4c3)cc2)cc1. The average molecular weight is 602 g/mol. The van der Waals surface area contributed by atoms with E-state index in [9.17, 15) is 0 Å². The highest BCUT2D eigenvalue weighted by atomic mass is 16.3. The molecule has 47 heavy (non-hydrogen) atoms. The fraction of sp³-hybridized carbons (Fsp3) is 0. The molecule has 3 nitrogen and oxygen atoms in total. The lowest BCUT2D eigenvalue weighted by atomic mass is 10.0. The van der Waals surface area contributed by atoms with E-state index in [-0.39, 0.29) is 0 Å². The van der Waals surface area contributed by atoms with Crippen molar-refractivity contribution < 1.29 is 8.83 Å². The molecule has 0 radical (unpaired) electrons. The van der Waals surface area contributed by atoms with Crippen LogP contribution in [0.25, 0.3) is 76.5 Å². The van der Waals surface area contributed by atoms with Gasteiger partial charge in [0.15, 0.2) is 0 Å². The van der Waals surface area contributed by atoms with Crippen LogP contribution in [0.4, 0.5) is 17.1 Å². The summed E-state index contributed by atoms with van der Waals surface area (Å²) in [5, 5.41) is 9.14. The van der Waals surface area contributed by atoms with E-state index in [2.05, 4.69) is 157 Å². The van der Waals surface area contributed by atoms with Crippen LogP contribution in [0, 0.1) is 0 Å². The third-order valence-electron chi connectivity index (χ3n) is 9.44. The Labute approximate surface area is 270 Å². The maximum Gasteiger partial charge on any atom is 0.143 e. The number of anilines is 3. The molecule has 2 heterocycles. The van der Waals surface area contributed by atoms with E-state index in [1.807, 2.05) is 12.1 Å². The molecule has 0 aliphatic carbocycles. The lowest BCUT2D eigenvalue weighted by Crippen LogP contribution is -2.09. The van der Waals surface area contributed by atoms with Gasteiger partial charge in [-0.1, -0.05) is 103 Å². The van der Waals surface area contributed by atoms with Gasteiger partial charge in [-0.25, -0.2) is 0 Å². The summed E-state index contributed by atoms with van der Waals surface area (Å²) in [7, 11) is 0. The van der Waals surface area contributed by atoms with E-state index in [4.69, 9.17) is 8.83 Å². The number of nitrogens with zero attached hydrogens (tertiary/aromatic N) is 1. The van der Waals surface area contributed by atoms with Crippen molar-refractivity contribution in [3.8, 4) is 11.1 Å². The number of para-hydroxylation sites is 1. The molecule has 3 heteroatoms. The molecular weight excluding hydrogens is 574 g/mol. The summed E-state index contributed by atoms with van der Waals surface area (Å²) in [5.74, 6) is 0. The zero-order valence-corrected chi connectivity index (χ0v) is 25.4. The highest BCUT2D eigenvalue weighted by Crippen LogP contribution is 2.43. The van der Waals surface area contributed by atoms with Gasteiger partial charge < -0.3 is 13.7 Å². The number of hydrogen-bond acceptors (Lipinski definition) is 3. The van der Waals surface area contributed by atoms with Gasteiger partial charge in [0.25, 0.3) is 0 Å². The molecule has 2 aromatic heterocycles. The summed E-state index contributed by atoms with van der Waals surface area (Å²) < 4.78 is 12.9. The second-order valence-electron chi connectivity index (χ2n) is 12.1. The van der Waals surface area contributed by atoms with E-state index in [0.717, 1.165) is 71.7 Å². The monoisotopic (exact) mass is 601 g/mol. The van der Waals surface area contributed by atoms with Crippen LogP contribution in [-0.4, -0.2) is 0 Å². The molecule has 220 valence electrons. The van der Waals surface area contributed by atoms with Gasteiger partial charge in [0.05, 0.1) is 0 Å². The Kier molecular flexibility index (Phi) is 5.57. The average Bonchev–Trinajstić information content (AvgIpc) is 3.71. The van der Waals surface area contributed by atoms with Crippen molar-refractivity contribution >= 4 is 82.5 Å². The van der Waals surface area contributed by atoms with Gasteiger partial charge in [-0.3, -0.25) is 0 Å². The minimum absolute atomic E-state index is 0.865. The molecule has 0 saturated heterocycles. The van der Waals surface area contributed by atoms with Crippen molar-refractivity contribution in [3.05, 3.63) is 164 Å². The fourth-order valence-corrected chi connectivity index (χ4v) is 7.18. The molecule has 10 rings (SSSR count). The van der Waals surface area contributed by atoms with Gasteiger partial charge in [0.1, 0.15) is 22.3 Å². The number of hydrogen-bond donors (Lipinski definition) is 0. The minimum Gasteiger partial charge on any atom is -0.456 e. The molecule has 0 amide bonds. The van der Waals surface area contributed by atoms with Gasteiger partial charge >= 0.3 is 0 Å². The molecule has 0 aliphatic heterocycles.